The van der Waals surface area contributed by atoms with E-state index in [-0.39, 0.29) is 27.9 Å². The van der Waals surface area contributed by atoms with Gasteiger partial charge >= 0.3 is 15.2 Å². The van der Waals surface area contributed by atoms with Crippen molar-refractivity contribution >= 4 is 26.5 Å². The number of hydrogen-bond acceptors (Lipinski definition) is 5. The van der Waals surface area contributed by atoms with Gasteiger partial charge in [0.2, 0.25) is 0 Å². The van der Waals surface area contributed by atoms with Crippen molar-refractivity contribution in [1.82, 2.24) is 4.57 Å². The Labute approximate surface area is 197 Å². The van der Waals surface area contributed by atoms with Crippen LogP contribution in [0.5, 0.6) is 5.75 Å². The van der Waals surface area contributed by atoms with Crippen LogP contribution in [0, 0.1) is 0 Å². The first-order valence-corrected chi connectivity index (χ1v) is 14.3. The molecule has 1 aromatic heterocycles. The second kappa shape index (κ2) is 9.27. The summed E-state index contributed by atoms with van der Waals surface area (Å²) in [7, 11) is -10.5. The van der Waals surface area contributed by atoms with E-state index in [9.17, 15) is 33.8 Å². The molecule has 0 aliphatic heterocycles. The Balaban J connectivity index is 2.90. The monoisotopic (exact) mass is 518 g/mol. The van der Waals surface area contributed by atoms with Gasteiger partial charge in [-0.05, 0) is 28.5 Å². The van der Waals surface area contributed by atoms with E-state index < -0.39 is 20.7 Å². The highest BCUT2D eigenvalue weighted by atomic mass is 32.1. The average Bonchev–Trinajstić information content (AvgIpc) is 2.99. The van der Waals surface area contributed by atoms with Crippen LogP contribution in [0.15, 0.2) is 35.2 Å². The molecule has 1 aromatic carbocycles. The number of thiazole rings is 1. The molecular formula is C21H32N2O7P2S. The maximum atomic E-state index is 11.7. The van der Waals surface area contributed by atoms with Crippen LogP contribution in [-0.4, -0.2) is 34.8 Å². The fraction of sp³-hybridized carbons (Fsp3) is 0.476. The van der Waals surface area contributed by atoms with Gasteiger partial charge in [-0.2, -0.15) is 0 Å². The average molecular weight is 519 g/mol. The second-order valence-electron chi connectivity index (χ2n) is 9.88. The third-order valence-electron chi connectivity index (χ3n) is 4.96. The van der Waals surface area contributed by atoms with E-state index in [0.717, 1.165) is 28.0 Å². The second-order valence-corrected chi connectivity index (χ2v) is 14.5. The van der Waals surface area contributed by atoms with Crippen LogP contribution in [0.4, 0.5) is 0 Å². The van der Waals surface area contributed by atoms with Crippen molar-refractivity contribution in [3.8, 4) is 17.0 Å². The van der Waals surface area contributed by atoms with Crippen molar-refractivity contribution in [1.29, 1.82) is 0 Å². The molecule has 0 aliphatic rings. The zero-order chi connectivity index (χ0) is 25.6. The van der Waals surface area contributed by atoms with Gasteiger partial charge in [0, 0.05) is 23.1 Å². The Morgan fingerprint density at radius 3 is 1.85 bits per heavy atom. The predicted molar refractivity (Wildman–Crippen MR) is 130 cm³/mol. The SMILES string of the molecule is C=CCn1c(-c2cc(C(C)(C)C)c(O)c(C(C)(C)C)c2)csc1=NC(P(=O)(O)O)P(=O)(O)O. The van der Waals surface area contributed by atoms with Crippen molar-refractivity contribution in [2.45, 2.75) is 64.4 Å². The van der Waals surface area contributed by atoms with Crippen LogP contribution in [-0.2, 0) is 26.5 Å². The molecule has 0 amide bonds. The number of hydrogen-bond donors (Lipinski definition) is 5. The van der Waals surface area contributed by atoms with Gasteiger partial charge in [-0.15, -0.1) is 17.9 Å². The number of aromatic hydroxyl groups is 1. The Morgan fingerprint density at radius 1 is 1.03 bits per heavy atom. The molecule has 0 unspecified atom stereocenters. The molecule has 184 valence electrons. The van der Waals surface area contributed by atoms with Crippen LogP contribution in [0.25, 0.3) is 11.3 Å². The first-order chi connectivity index (χ1) is 14.8. The van der Waals surface area contributed by atoms with Gasteiger partial charge in [-0.3, -0.25) is 9.13 Å². The number of allylic oxidation sites excluding steroid dienone is 1. The highest BCUT2D eigenvalue weighted by molar-refractivity contribution is 7.70. The fourth-order valence-corrected chi connectivity index (χ4v) is 6.53. The van der Waals surface area contributed by atoms with Gasteiger partial charge in [-0.1, -0.05) is 47.6 Å². The Bertz CT molecular complexity index is 1150. The molecule has 0 aliphatic carbocycles. The summed E-state index contributed by atoms with van der Waals surface area (Å²) in [4.78, 5) is 41.7. The quantitative estimate of drug-likeness (QED) is 0.283. The molecule has 0 fully saturated rings. The minimum absolute atomic E-state index is 0.0317. The molecule has 2 rings (SSSR count). The number of phenolic OH excluding ortho intramolecular Hbond substituents is 1. The number of benzene rings is 1. The third kappa shape index (κ3) is 6.34. The standard InChI is InChI=1S/C21H32N2O7P2S/c1-8-9-23-16(12-33-18(23)22-19(31(25,26)27)32(28,29)30)13-10-14(20(2,3)4)17(24)15(11-13)21(5,6)7/h8,10-12,19,24H,1,9H2,2-7H3,(H2,25,26,27)(H2,28,29,30). The van der Waals surface area contributed by atoms with Crippen molar-refractivity contribution in [2.24, 2.45) is 4.99 Å². The molecule has 2 aromatic rings. The molecule has 0 saturated carbocycles. The van der Waals surface area contributed by atoms with Crippen LogP contribution < -0.4 is 4.80 Å². The minimum atomic E-state index is -5.23. The topological polar surface area (TPSA) is 153 Å². The zero-order valence-corrected chi connectivity index (χ0v) is 22.2. The molecule has 12 heteroatoms. The minimum Gasteiger partial charge on any atom is -0.507 e. The summed E-state index contributed by atoms with van der Waals surface area (Å²) in [6.45, 7) is 15.8. The Morgan fingerprint density at radius 2 is 1.48 bits per heavy atom. The summed E-state index contributed by atoms with van der Waals surface area (Å²) in [6.07, 6.45) is 1.55. The lowest BCUT2D eigenvalue weighted by Gasteiger charge is -2.28. The Hall–Kier alpha value is -1.51. The maximum absolute atomic E-state index is 11.7. The van der Waals surface area contributed by atoms with Crippen LogP contribution >= 0.6 is 26.5 Å². The number of nitrogens with zero attached hydrogens (tertiary/aromatic N) is 2. The van der Waals surface area contributed by atoms with Crippen LogP contribution in [0.2, 0.25) is 0 Å². The van der Waals surface area contributed by atoms with E-state index in [0.29, 0.717) is 5.69 Å². The summed E-state index contributed by atoms with van der Waals surface area (Å²) in [5.74, 6) is 0.206. The van der Waals surface area contributed by atoms with Crippen molar-refractivity contribution < 1.29 is 33.8 Å². The lowest BCUT2D eigenvalue weighted by atomic mass is 9.78. The van der Waals surface area contributed by atoms with Crippen molar-refractivity contribution in [3.05, 3.63) is 46.1 Å². The van der Waals surface area contributed by atoms with Gasteiger partial charge < -0.3 is 29.2 Å². The van der Waals surface area contributed by atoms with E-state index >= 15 is 0 Å². The molecule has 0 saturated heterocycles. The molecule has 33 heavy (non-hydrogen) atoms. The van der Waals surface area contributed by atoms with Crippen molar-refractivity contribution in [2.75, 3.05) is 0 Å². The highest BCUT2D eigenvalue weighted by Crippen LogP contribution is 2.60. The van der Waals surface area contributed by atoms with E-state index in [2.05, 4.69) is 11.6 Å². The number of aromatic nitrogens is 1. The largest absolute Gasteiger partial charge is 0.507 e. The lowest BCUT2D eigenvalue weighted by Crippen LogP contribution is -2.20. The van der Waals surface area contributed by atoms with Gasteiger partial charge in [0.1, 0.15) is 5.75 Å². The smallest absolute Gasteiger partial charge is 0.362 e. The van der Waals surface area contributed by atoms with Gasteiger partial charge in [0.25, 0.3) is 5.52 Å². The Kier molecular flexibility index (Phi) is 7.79. The summed E-state index contributed by atoms with van der Waals surface area (Å²) in [5, 5.41) is 12.7. The van der Waals surface area contributed by atoms with Gasteiger partial charge in [-0.25, -0.2) is 4.99 Å². The van der Waals surface area contributed by atoms with E-state index in [1.54, 1.807) is 16.0 Å². The lowest BCUT2D eigenvalue weighted by molar-refractivity contribution is 0.339. The van der Waals surface area contributed by atoms with Gasteiger partial charge in [0.15, 0.2) is 4.80 Å². The first-order valence-electron chi connectivity index (χ1n) is 10.1. The van der Waals surface area contributed by atoms with Crippen LogP contribution in [0.1, 0.15) is 52.7 Å². The molecule has 5 N–H and O–H groups in total. The molecule has 9 nitrogen and oxygen atoms in total. The summed E-state index contributed by atoms with van der Waals surface area (Å²) in [6, 6.07) is 3.69. The molecule has 0 atom stereocenters. The molecule has 0 bridgehead atoms. The third-order valence-corrected chi connectivity index (χ3v) is 9.08. The van der Waals surface area contributed by atoms with Crippen molar-refractivity contribution in [3.63, 3.8) is 0 Å². The maximum Gasteiger partial charge on any atom is 0.362 e. The van der Waals surface area contributed by atoms with Gasteiger partial charge in [0.05, 0.1) is 5.69 Å². The summed E-state index contributed by atoms with van der Waals surface area (Å²) in [5.41, 5.74) is -0.457. The summed E-state index contributed by atoms with van der Waals surface area (Å²) < 4.78 is 25.0. The first kappa shape index (κ1) is 27.7. The molecular weight excluding hydrogens is 486 g/mol. The van der Waals surface area contributed by atoms with Crippen LogP contribution in [0.3, 0.4) is 0 Å². The molecule has 1 heterocycles. The normalized spacial score (nSPS) is 14.2. The van der Waals surface area contributed by atoms with E-state index in [4.69, 9.17) is 0 Å². The van der Waals surface area contributed by atoms with E-state index in [1.165, 1.54) is 0 Å². The molecule has 0 radical (unpaired) electrons. The number of rotatable bonds is 6. The zero-order valence-electron chi connectivity index (χ0n) is 19.6. The fourth-order valence-electron chi connectivity index (χ4n) is 3.34. The molecule has 0 spiro atoms. The number of phenols is 1. The highest BCUT2D eigenvalue weighted by Gasteiger charge is 2.43. The van der Waals surface area contributed by atoms with E-state index in [1.807, 2.05) is 53.7 Å². The summed E-state index contributed by atoms with van der Waals surface area (Å²) >= 11 is 1.00. The predicted octanol–water partition coefficient (Wildman–Crippen LogP) is 4.24.